The highest BCUT2D eigenvalue weighted by atomic mass is 32.2. The number of rotatable bonds is 6. The largest absolute Gasteiger partial charge is 0.352 e. The SMILES string of the molecule is CCNC(=O)c1cccc(NC(=O)CSc2ccc(C)cc2)c1. The van der Waals surface area contributed by atoms with Crippen molar-refractivity contribution in [2.24, 2.45) is 0 Å². The highest BCUT2D eigenvalue weighted by Crippen LogP contribution is 2.19. The molecule has 4 nitrogen and oxygen atoms in total. The summed E-state index contributed by atoms with van der Waals surface area (Å²) in [6.45, 7) is 4.47. The van der Waals surface area contributed by atoms with E-state index in [4.69, 9.17) is 0 Å². The van der Waals surface area contributed by atoms with Gasteiger partial charge < -0.3 is 10.6 Å². The first kappa shape index (κ1) is 17.1. The predicted molar refractivity (Wildman–Crippen MR) is 95.0 cm³/mol. The number of amides is 2. The summed E-state index contributed by atoms with van der Waals surface area (Å²) < 4.78 is 0. The normalized spacial score (nSPS) is 10.2. The second-order valence-electron chi connectivity index (χ2n) is 5.09. The number of carbonyl (C=O) groups excluding carboxylic acids is 2. The van der Waals surface area contributed by atoms with Gasteiger partial charge in [-0.25, -0.2) is 0 Å². The van der Waals surface area contributed by atoms with Crippen LogP contribution in [0, 0.1) is 6.92 Å². The fraction of sp³-hybridized carbons (Fsp3) is 0.222. The van der Waals surface area contributed by atoms with Crippen LogP contribution >= 0.6 is 11.8 Å². The Morgan fingerprint density at radius 2 is 1.83 bits per heavy atom. The van der Waals surface area contributed by atoms with E-state index in [2.05, 4.69) is 10.6 Å². The Morgan fingerprint density at radius 1 is 1.09 bits per heavy atom. The summed E-state index contributed by atoms with van der Waals surface area (Å²) in [5.74, 6) is 0.0929. The van der Waals surface area contributed by atoms with Crippen molar-refractivity contribution in [3.8, 4) is 0 Å². The lowest BCUT2D eigenvalue weighted by atomic mass is 10.2. The molecule has 0 fully saturated rings. The highest BCUT2D eigenvalue weighted by molar-refractivity contribution is 8.00. The standard InChI is InChI=1S/C18H20N2O2S/c1-3-19-18(22)14-5-4-6-15(11-14)20-17(21)12-23-16-9-7-13(2)8-10-16/h4-11H,3,12H2,1-2H3,(H,19,22)(H,20,21). The number of anilines is 1. The molecule has 2 N–H and O–H groups in total. The first-order valence-electron chi connectivity index (χ1n) is 7.46. The van der Waals surface area contributed by atoms with Gasteiger partial charge in [-0.3, -0.25) is 9.59 Å². The molecule has 2 aromatic carbocycles. The van der Waals surface area contributed by atoms with E-state index in [0.29, 0.717) is 23.5 Å². The molecule has 120 valence electrons. The van der Waals surface area contributed by atoms with Crippen LogP contribution in [-0.2, 0) is 4.79 Å². The van der Waals surface area contributed by atoms with Crippen molar-refractivity contribution in [1.29, 1.82) is 0 Å². The summed E-state index contributed by atoms with van der Waals surface area (Å²) in [6.07, 6.45) is 0. The molecule has 5 heteroatoms. The first-order chi connectivity index (χ1) is 11.1. The lowest BCUT2D eigenvalue weighted by Crippen LogP contribution is -2.23. The van der Waals surface area contributed by atoms with Crippen molar-refractivity contribution in [1.82, 2.24) is 5.32 Å². The molecule has 2 rings (SSSR count). The van der Waals surface area contributed by atoms with Crippen molar-refractivity contribution in [3.63, 3.8) is 0 Å². The monoisotopic (exact) mass is 328 g/mol. The number of carbonyl (C=O) groups is 2. The van der Waals surface area contributed by atoms with Gasteiger partial charge >= 0.3 is 0 Å². The molecule has 0 aromatic heterocycles. The molecule has 0 aliphatic carbocycles. The number of aryl methyl sites for hydroxylation is 1. The van der Waals surface area contributed by atoms with E-state index in [1.165, 1.54) is 17.3 Å². The van der Waals surface area contributed by atoms with Crippen LogP contribution in [0.15, 0.2) is 53.4 Å². The molecule has 0 aliphatic rings. The van der Waals surface area contributed by atoms with Gasteiger partial charge in [0.2, 0.25) is 5.91 Å². The van der Waals surface area contributed by atoms with E-state index in [1.807, 2.05) is 38.1 Å². The van der Waals surface area contributed by atoms with Crippen molar-refractivity contribution in [2.75, 3.05) is 17.6 Å². The zero-order valence-electron chi connectivity index (χ0n) is 13.3. The van der Waals surface area contributed by atoms with Gasteiger partial charge in [-0.1, -0.05) is 23.8 Å². The topological polar surface area (TPSA) is 58.2 Å². The highest BCUT2D eigenvalue weighted by Gasteiger charge is 2.07. The van der Waals surface area contributed by atoms with E-state index in [1.54, 1.807) is 24.3 Å². The third-order valence-electron chi connectivity index (χ3n) is 3.14. The van der Waals surface area contributed by atoms with Gasteiger partial charge in [-0.05, 0) is 44.2 Å². The molecule has 2 amide bonds. The second kappa shape index (κ2) is 8.39. The van der Waals surface area contributed by atoms with Crippen LogP contribution in [0.2, 0.25) is 0 Å². The molecule has 2 aromatic rings. The molecular weight excluding hydrogens is 308 g/mol. The minimum absolute atomic E-state index is 0.0939. The van der Waals surface area contributed by atoms with E-state index in [-0.39, 0.29) is 11.8 Å². The predicted octanol–water partition coefficient (Wildman–Crippen LogP) is 3.48. The lowest BCUT2D eigenvalue weighted by Gasteiger charge is -2.08. The Bertz CT molecular complexity index is 684. The maximum atomic E-state index is 12.0. The van der Waals surface area contributed by atoms with Gasteiger partial charge in [-0.15, -0.1) is 11.8 Å². The summed E-state index contributed by atoms with van der Waals surface area (Å²) in [5, 5.41) is 5.56. The zero-order chi connectivity index (χ0) is 16.7. The van der Waals surface area contributed by atoms with Gasteiger partial charge in [0, 0.05) is 22.7 Å². The molecule has 0 heterocycles. The first-order valence-corrected chi connectivity index (χ1v) is 8.44. The van der Waals surface area contributed by atoms with Crippen LogP contribution in [0.5, 0.6) is 0 Å². The molecular formula is C18H20N2O2S. The van der Waals surface area contributed by atoms with E-state index in [0.717, 1.165) is 4.90 Å². The Balaban J connectivity index is 1.91. The maximum absolute atomic E-state index is 12.0. The molecule has 0 spiro atoms. The van der Waals surface area contributed by atoms with Gasteiger partial charge in [0.15, 0.2) is 0 Å². The third kappa shape index (κ3) is 5.45. The molecule has 0 bridgehead atoms. The Kier molecular flexibility index (Phi) is 6.23. The van der Waals surface area contributed by atoms with Crippen LogP contribution < -0.4 is 10.6 Å². The molecule has 0 saturated heterocycles. The van der Waals surface area contributed by atoms with Gasteiger partial charge in [0.05, 0.1) is 5.75 Å². The van der Waals surface area contributed by atoms with Crippen LogP contribution in [0.4, 0.5) is 5.69 Å². The van der Waals surface area contributed by atoms with Crippen molar-refractivity contribution >= 4 is 29.3 Å². The number of thioether (sulfide) groups is 1. The van der Waals surface area contributed by atoms with E-state index < -0.39 is 0 Å². The Morgan fingerprint density at radius 3 is 2.52 bits per heavy atom. The summed E-state index contributed by atoms with van der Waals surface area (Å²) >= 11 is 1.48. The smallest absolute Gasteiger partial charge is 0.251 e. The Labute approximate surface area is 140 Å². The molecule has 0 aliphatic heterocycles. The number of benzene rings is 2. The molecule has 0 atom stereocenters. The van der Waals surface area contributed by atoms with Crippen molar-refractivity contribution in [3.05, 3.63) is 59.7 Å². The van der Waals surface area contributed by atoms with Gasteiger partial charge in [0.1, 0.15) is 0 Å². The van der Waals surface area contributed by atoms with Crippen LogP contribution in [-0.4, -0.2) is 24.1 Å². The summed E-state index contributed by atoms with van der Waals surface area (Å²) in [4.78, 5) is 24.9. The van der Waals surface area contributed by atoms with Crippen molar-refractivity contribution < 1.29 is 9.59 Å². The fourth-order valence-electron chi connectivity index (χ4n) is 1.98. The number of hydrogen-bond acceptors (Lipinski definition) is 3. The van der Waals surface area contributed by atoms with Gasteiger partial charge in [0.25, 0.3) is 5.91 Å². The minimum Gasteiger partial charge on any atom is -0.352 e. The quantitative estimate of drug-likeness (QED) is 0.798. The Hall–Kier alpha value is -2.27. The minimum atomic E-state index is -0.141. The van der Waals surface area contributed by atoms with Crippen LogP contribution in [0.25, 0.3) is 0 Å². The summed E-state index contributed by atoms with van der Waals surface area (Å²) in [7, 11) is 0. The van der Waals surface area contributed by atoms with Crippen LogP contribution in [0.1, 0.15) is 22.8 Å². The summed E-state index contributed by atoms with van der Waals surface area (Å²) in [6, 6.07) is 15.0. The molecule has 23 heavy (non-hydrogen) atoms. The zero-order valence-corrected chi connectivity index (χ0v) is 14.1. The number of hydrogen-bond donors (Lipinski definition) is 2. The summed E-state index contributed by atoms with van der Waals surface area (Å²) in [5.41, 5.74) is 2.36. The maximum Gasteiger partial charge on any atom is 0.251 e. The van der Waals surface area contributed by atoms with E-state index in [9.17, 15) is 9.59 Å². The number of nitrogens with one attached hydrogen (secondary N) is 2. The van der Waals surface area contributed by atoms with Crippen LogP contribution in [0.3, 0.4) is 0 Å². The molecule has 0 unspecified atom stereocenters. The second-order valence-corrected chi connectivity index (χ2v) is 6.14. The van der Waals surface area contributed by atoms with Crippen molar-refractivity contribution in [2.45, 2.75) is 18.7 Å². The molecule has 0 radical (unpaired) electrons. The van der Waals surface area contributed by atoms with Gasteiger partial charge in [-0.2, -0.15) is 0 Å². The average molecular weight is 328 g/mol. The third-order valence-corrected chi connectivity index (χ3v) is 4.15. The fourth-order valence-corrected chi connectivity index (χ4v) is 2.68. The van der Waals surface area contributed by atoms with E-state index >= 15 is 0 Å². The molecule has 0 saturated carbocycles. The lowest BCUT2D eigenvalue weighted by molar-refractivity contribution is -0.113. The average Bonchev–Trinajstić information content (AvgIpc) is 2.55.